The molecule has 0 bridgehead atoms. The van der Waals surface area contributed by atoms with Crippen molar-refractivity contribution in [1.82, 2.24) is 4.98 Å². The van der Waals surface area contributed by atoms with Gasteiger partial charge in [0.15, 0.2) is 0 Å². The minimum Gasteiger partial charge on any atom is -0.398 e. The van der Waals surface area contributed by atoms with Gasteiger partial charge in [0.25, 0.3) is 0 Å². The lowest BCUT2D eigenvalue weighted by molar-refractivity contribution is -0.137. The van der Waals surface area contributed by atoms with Gasteiger partial charge in [0.2, 0.25) is 0 Å². The summed E-state index contributed by atoms with van der Waals surface area (Å²) in [6, 6.07) is 8.56. The number of aromatic nitrogens is 1. The molecule has 108 valence electrons. The summed E-state index contributed by atoms with van der Waals surface area (Å²) < 4.78 is 38.7. The van der Waals surface area contributed by atoms with Crippen molar-refractivity contribution in [3.63, 3.8) is 0 Å². The van der Waals surface area contributed by atoms with Gasteiger partial charge < -0.3 is 5.73 Å². The lowest BCUT2D eigenvalue weighted by Gasteiger charge is -2.09. The number of hydrogen-bond donors (Lipinski definition) is 1. The van der Waals surface area contributed by atoms with E-state index in [4.69, 9.17) is 17.3 Å². The maximum atomic E-state index is 12.6. The summed E-state index contributed by atoms with van der Waals surface area (Å²) in [5.74, 6) is 0. The van der Waals surface area contributed by atoms with Crippen LogP contribution in [0.3, 0.4) is 0 Å². The van der Waals surface area contributed by atoms with Crippen LogP contribution in [-0.2, 0) is 6.18 Å². The summed E-state index contributed by atoms with van der Waals surface area (Å²) in [5, 5.41) is 1.10. The first-order valence-electron chi connectivity index (χ1n) is 5.88. The van der Waals surface area contributed by atoms with Crippen molar-refractivity contribution in [2.24, 2.45) is 0 Å². The van der Waals surface area contributed by atoms with Crippen LogP contribution >= 0.6 is 22.9 Å². The van der Waals surface area contributed by atoms with Gasteiger partial charge in [0.05, 0.1) is 20.8 Å². The normalized spacial score (nSPS) is 12.0. The van der Waals surface area contributed by atoms with Crippen LogP contribution < -0.4 is 5.73 Å². The fourth-order valence-electron chi connectivity index (χ4n) is 1.96. The highest BCUT2D eigenvalue weighted by Gasteiger charge is 2.31. The summed E-state index contributed by atoms with van der Waals surface area (Å²) in [6.45, 7) is 0. The lowest BCUT2D eigenvalue weighted by atomic mass is 10.1. The molecule has 0 atom stereocenters. The average molecular weight is 329 g/mol. The van der Waals surface area contributed by atoms with E-state index >= 15 is 0 Å². The fourth-order valence-corrected chi connectivity index (χ4v) is 3.27. The smallest absolute Gasteiger partial charge is 0.398 e. The van der Waals surface area contributed by atoms with Gasteiger partial charge >= 0.3 is 6.18 Å². The SMILES string of the molecule is Nc1cc(C(F)(F)F)ccc1-c1nc2cccc(Cl)c2s1. The van der Waals surface area contributed by atoms with Crippen LogP contribution in [0.25, 0.3) is 20.8 Å². The summed E-state index contributed by atoms with van der Waals surface area (Å²) in [7, 11) is 0. The number of nitrogens with two attached hydrogens (primary N) is 1. The highest BCUT2D eigenvalue weighted by atomic mass is 35.5. The van der Waals surface area contributed by atoms with Gasteiger partial charge in [-0.1, -0.05) is 17.7 Å². The molecule has 2 aromatic carbocycles. The third-order valence-corrected chi connectivity index (χ3v) is 4.54. The maximum absolute atomic E-state index is 12.6. The molecule has 1 heterocycles. The number of benzene rings is 2. The predicted molar refractivity (Wildman–Crippen MR) is 79.5 cm³/mol. The minimum atomic E-state index is -4.41. The van der Waals surface area contributed by atoms with Gasteiger partial charge in [-0.25, -0.2) is 4.98 Å². The molecule has 21 heavy (non-hydrogen) atoms. The quantitative estimate of drug-likeness (QED) is 0.622. The van der Waals surface area contributed by atoms with Crippen molar-refractivity contribution in [3.8, 4) is 10.6 Å². The van der Waals surface area contributed by atoms with E-state index in [0.29, 0.717) is 21.1 Å². The number of hydrogen-bond acceptors (Lipinski definition) is 3. The third-order valence-electron chi connectivity index (χ3n) is 2.98. The van der Waals surface area contributed by atoms with Gasteiger partial charge in [-0.2, -0.15) is 13.2 Å². The van der Waals surface area contributed by atoms with Crippen LogP contribution in [0.4, 0.5) is 18.9 Å². The first-order chi connectivity index (χ1) is 9.86. The summed E-state index contributed by atoms with van der Waals surface area (Å²) in [6.07, 6.45) is -4.41. The Morgan fingerprint density at radius 3 is 2.52 bits per heavy atom. The van der Waals surface area contributed by atoms with Crippen molar-refractivity contribution in [2.45, 2.75) is 6.18 Å². The Hall–Kier alpha value is -1.79. The maximum Gasteiger partial charge on any atom is 0.416 e. The number of thiazole rings is 1. The highest BCUT2D eigenvalue weighted by molar-refractivity contribution is 7.22. The molecule has 0 saturated carbocycles. The Morgan fingerprint density at radius 1 is 1.14 bits per heavy atom. The number of fused-ring (bicyclic) bond motifs is 1. The van der Waals surface area contributed by atoms with Gasteiger partial charge in [-0.3, -0.25) is 0 Å². The molecular weight excluding hydrogens is 321 g/mol. The molecule has 0 fully saturated rings. The number of alkyl halides is 3. The fraction of sp³-hybridized carbons (Fsp3) is 0.0714. The van der Waals surface area contributed by atoms with Crippen LogP contribution in [0.5, 0.6) is 0 Å². The van der Waals surface area contributed by atoms with E-state index in [1.54, 1.807) is 18.2 Å². The van der Waals surface area contributed by atoms with Crippen LogP contribution in [0.2, 0.25) is 5.02 Å². The number of nitrogens with zero attached hydrogens (tertiary/aromatic N) is 1. The molecule has 2 nitrogen and oxygen atoms in total. The Balaban J connectivity index is 2.13. The molecule has 2 N–H and O–H groups in total. The van der Waals surface area contributed by atoms with Crippen LogP contribution in [0, 0.1) is 0 Å². The standard InChI is InChI=1S/C14H8ClF3N2S/c15-9-2-1-3-11-12(9)21-13(20-11)8-5-4-7(6-10(8)19)14(16,17)18/h1-6H,19H2. The number of anilines is 1. The molecule has 3 aromatic rings. The zero-order valence-corrected chi connectivity index (χ0v) is 12.0. The molecule has 0 spiro atoms. The van der Waals surface area contributed by atoms with Crippen LogP contribution in [0.1, 0.15) is 5.56 Å². The van der Waals surface area contributed by atoms with Gasteiger partial charge in [-0.05, 0) is 30.3 Å². The van der Waals surface area contributed by atoms with Crippen molar-refractivity contribution >= 4 is 38.8 Å². The van der Waals surface area contributed by atoms with E-state index < -0.39 is 11.7 Å². The van der Waals surface area contributed by atoms with Crippen molar-refractivity contribution in [2.75, 3.05) is 5.73 Å². The Bertz CT molecular complexity index is 827. The Labute approximate surface area is 127 Å². The molecular formula is C14H8ClF3N2S. The van der Waals surface area contributed by atoms with Crippen LogP contribution in [0.15, 0.2) is 36.4 Å². The van der Waals surface area contributed by atoms with E-state index in [1.807, 2.05) is 0 Å². The van der Waals surface area contributed by atoms with Gasteiger partial charge in [0, 0.05) is 11.3 Å². The van der Waals surface area contributed by atoms with Crippen molar-refractivity contribution < 1.29 is 13.2 Å². The number of halogens is 4. The molecule has 7 heteroatoms. The summed E-state index contributed by atoms with van der Waals surface area (Å²) in [5.41, 5.74) is 6.18. The summed E-state index contributed by atoms with van der Waals surface area (Å²) in [4.78, 5) is 4.37. The van der Waals surface area contributed by atoms with Gasteiger partial charge in [-0.15, -0.1) is 11.3 Å². The topological polar surface area (TPSA) is 38.9 Å². The van der Waals surface area contributed by atoms with E-state index in [9.17, 15) is 13.2 Å². The molecule has 0 saturated heterocycles. The molecule has 0 unspecified atom stereocenters. The lowest BCUT2D eigenvalue weighted by Crippen LogP contribution is -2.05. The first-order valence-corrected chi connectivity index (χ1v) is 7.08. The molecule has 0 aliphatic carbocycles. The van der Waals surface area contributed by atoms with E-state index in [2.05, 4.69) is 4.98 Å². The molecule has 3 rings (SSSR count). The zero-order chi connectivity index (χ0) is 15.2. The second kappa shape index (κ2) is 4.89. The van der Waals surface area contributed by atoms with Crippen molar-refractivity contribution in [1.29, 1.82) is 0 Å². The molecule has 0 amide bonds. The van der Waals surface area contributed by atoms with Gasteiger partial charge in [0.1, 0.15) is 5.01 Å². The molecule has 0 aliphatic heterocycles. The first kappa shape index (κ1) is 14.2. The third kappa shape index (κ3) is 2.56. The Kier molecular flexibility index (Phi) is 3.30. The monoisotopic (exact) mass is 328 g/mol. The minimum absolute atomic E-state index is 0.0417. The molecule has 0 radical (unpaired) electrons. The number of nitrogen functional groups attached to an aromatic ring is 1. The van der Waals surface area contributed by atoms with E-state index in [1.165, 1.54) is 17.4 Å². The largest absolute Gasteiger partial charge is 0.416 e. The average Bonchev–Trinajstić information content (AvgIpc) is 2.82. The zero-order valence-electron chi connectivity index (χ0n) is 10.4. The van der Waals surface area contributed by atoms with Crippen LogP contribution in [-0.4, -0.2) is 4.98 Å². The second-order valence-electron chi connectivity index (χ2n) is 4.41. The second-order valence-corrected chi connectivity index (χ2v) is 5.81. The predicted octanol–water partition coefficient (Wildman–Crippen LogP) is 5.22. The highest BCUT2D eigenvalue weighted by Crippen LogP contribution is 2.39. The Morgan fingerprint density at radius 2 is 1.90 bits per heavy atom. The number of rotatable bonds is 1. The van der Waals surface area contributed by atoms with E-state index in [0.717, 1.165) is 16.8 Å². The van der Waals surface area contributed by atoms with E-state index in [-0.39, 0.29) is 5.69 Å². The molecule has 1 aromatic heterocycles. The molecule has 0 aliphatic rings. The van der Waals surface area contributed by atoms with Crippen molar-refractivity contribution in [3.05, 3.63) is 47.0 Å². The summed E-state index contributed by atoms with van der Waals surface area (Å²) >= 11 is 7.37.